The minimum atomic E-state index is -0.392. The van der Waals surface area contributed by atoms with Crippen LogP contribution in [0.3, 0.4) is 0 Å². The van der Waals surface area contributed by atoms with E-state index >= 15 is 0 Å². The van der Waals surface area contributed by atoms with Crippen molar-refractivity contribution in [3.8, 4) is 0 Å². The van der Waals surface area contributed by atoms with E-state index in [1.54, 1.807) is 12.4 Å². The molecular formula is C14H22N4O2. The fourth-order valence-electron chi connectivity index (χ4n) is 3.56. The Balaban J connectivity index is 1.67. The molecule has 2 fully saturated rings. The smallest absolute Gasteiger partial charge is 0.322 e. The monoisotopic (exact) mass is 278 g/mol. The lowest BCUT2D eigenvalue weighted by Crippen LogP contribution is -2.43. The number of nitrogens with zero attached hydrogens (tertiary/aromatic N) is 2. The largest absolute Gasteiger partial charge is 0.391 e. The lowest BCUT2D eigenvalue weighted by atomic mass is 9.83. The molecule has 20 heavy (non-hydrogen) atoms. The molecule has 0 unspecified atom stereocenters. The highest BCUT2D eigenvalue weighted by Crippen LogP contribution is 2.34. The van der Waals surface area contributed by atoms with Crippen LogP contribution in [-0.4, -0.2) is 44.9 Å². The van der Waals surface area contributed by atoms with Gasteiger partial charge >= 0.3 is 6.03 Å². The second kappa shape index (κ2) is 5.83. The van der Waals surface area contributed by atoms with Crippen LogP contribution in [0.2, 0.25) is 0 Å². The number of aliphatic hydroxyl groups excluding tert-OH is 1. The van der Waals surface area contributed by atoms with Crippen LogP contribution in [0.1, 0.15) is 38.5 Å². The molecule has 3 N–H and O–H groups in total. The van der Waals surface area contributed by atoms with Crippen LogP contribution in [0.15, 0.2) is 12.4 Å². The quantitative estimate of drug-likeness (QED) is 0.773. The van der Waals surface area contributed by atoms with Gasteiger partial charge in [-0.1, -0.05) is 19.3 Å². The summed E-state index contributed by atoms with van der Waals surface area (Å²) in [5, 5.41) is 19.3. The Morgan fingerprint density at radius 1 is 1.40 bits per heavy atom. The Hall–Kier alpha value is -1.56. The molecule has 3 rings (SSSR count). The summed E-state index contributed by atoms with van der Waals surface area (Å²) in [6.07, 6.45) is 9.69. The van der Waals surface area contributed by atoms with Crippen molar-refractivity contribution >= 4 is 11.7 Å². The van der Waals surface area contributed by atoms with Gasteiger partial charge in [0, 0.05) is 18.8 Å². The zero-order valence-corrected chi connectivity index (χ0v) is 11.6. The average molecular weight is 278 g/mol. The molecule has 2 amide bonds. The van der Waals surface area contributed by atoms with E-state index in [4.69, 9.17) is 0 Å². The van der Waals surface area contributed by atoms with Gasteiger partial charge in [0.25, 0.3) is 0 Å². The maximum Gasteiger partial charge on any atom is 0.322 e. The van der Waals surface area contributed by atoms with Crippen molar-refractivity contribution in [3.05, 3.63) is 12.4 Å². The molecule has 2 heterocycles. The molecule has 2 atom stereocenters. The van der Waals surface area contributed by atoms with Crippen molar-refractivity contribution in [2.45, 2.75) is 50.7 Å². The third-order valence-electron chi connectivity index (χ3n) is 4.53. The molecule has 0 radical (unpaired) electrons. The van der Waals surface area contributed by atoms with Gasteiger partial charge in [-0.05, 0) is 25.2 Å². The molecule has 0 spiro atoms. The highest BCUT2D eigenvalue weighted by molar-refractivity contribution is 5.89. The lowest BCUT2D eigenvalue weighted by molar-refractivity contribution is 0.164. The second-order valence-corrected chi connectivity index (χ2v) is 5.92. The van der Waals surface area contributed by atoms with Crippen LogP contribution in [-0.2, 0) is 0 Å². The van der Waals surface area contributed by atoms with Crippen LogP contribution in [0.5, 0.6) is 0 Å². The van der Waals surface area contributed by atoms with Crippen molar-refractivity contribution in [2.75, 3.05) is 11.9 Å². The zero-order valence-electron chi connectivity index (χ0n) is 11.6. The van der Waals surface area contributed by atoms with E-state index in [1.807, 2.05) is 4.90 Å². The molecule has 1 saturated carbocycles. The predicted molar refractivity (Wildman–Crippen MR) is 75.3 cm³/mol. The molecule has 2 aliphatic rings. The third-order valence-corrected chi connectivity index (χ3v) is 4.53. The van der Waals surface area contributed by atoms with Gasteiger partial charge in [0.15, 0.2) is 0 Å². The molecule has 1 aliphatic carbocycles. The molecule has 6 heteroatoms. The number of amides is 2. The Labute approximate surface area is 118 Å². The van der Waals surface area contributed by atoms with Crippen molar-refractivity contribution in [1.29, 1.82) is 0 Å². The summed E-state index contributed by atoms with van der Waals surface area (Å²) in [5.74, 6) is 0.538. The van der Waals surface area contributed by atoms with Gasteiger partial charge in [0.2, 0.25) is 0 Å². The molecule has 6 nitrogen and oxygen atoms in total. The second-order valence-electron chi connectivity index (χ2n) is 5.92. The number of aliphatic hydroxyl groups is 1. The molecule has 1 aromatic rings. The number of anilines is 1. The van der Waals surface area contributed by atoms with Gasteiger partial charge in [-0.3, -0.25) is 5.10 Å². The predicted octanol–water partition coefficient (Wildman–Crippen LogP) is 1.96. The standard InChI is InChI=1S/C14H22N4O2/c19-12-6-13(10-4-2-1-3-5-10)18(9-12)14(20)17-11-7-15-16-8-11/h7-8,10,12-13,19H,1-6,9H2,(H,15,16)(H,17,20)/t12-,13+/m0/s1. The molecular weight excluding hydrogens is 256 g/mol. The zero-order chi connectivity index (χ0) is 13.9. The van der Waals surface area contributed by atoms with Crippen LogP contribution >= 0.6 is 0 Å². The van der Waals surface area contributed by atoms with Crippen molar-refractivity contribution in [1.82, 2.24) is 15.1 Å². The number of hydrogen-bond acceptors (Lipinski definition) is 3. The van der Waals surface area contributed by atoms with Gasteiger partial charge in [-0.15, -0.1) is 0 Å². The number of aromatic nitrogens is 2. The molecule has 1 saturated heterocycles. The minimum Gasteiger partial charge on any atom is -0.391 e. The maximum atomic E-state index is 12.4. The van der Waals surface area contributed by atoms with E-state index in [2.05, 4.69) is 15.5 Å². The summed E-state index contributed by atoms with van der Waals surface area (Å²) in [7, 11) is 0. The van der Waals surface area contributed by atoms with E-state index in [-0.39, 0.29) is 12.1 Å². The topological polar surface area (TPSA) is 81.2 Å². The van der Waals surface area contributed by atoms with Crippen LogP contribution in [0.25, 0.3) is 0 Å². The van der Waals surface area contributed by atoms with E-state index in [1.165, 1.54) is 32.1 Å². The van der Waals surface area contributed by atoms with Crippen molar-refractivity contribution in [3.63, 3.8) is 0 Å². The lowest BCUT2D eigenvalue weighted by Gasteiger charge is -2.33. The van der Waals surface area contributed by atoms with E-state index in [9.17, 15) is 9.90 Å². The first kappa shape index (κ1) is 13.4. The van der Waals surface area contributed by atoms with Gasteiger partial charge < -0.3 is 15.3 Å². The number of rotatable bonds is 2. The highest BCUT2D eigenvalue weighted by atomic mass is 16.3. The van der Waals surface area contributed by atoms with Crippen LogP contribution in [0, 0.1) is 5.92 Å². The number of H-pyrrole nitrogens is 1. The minimum absolute atomic E-state index is 0.126. The summed E-state index contributed by atoms with van der Waals surface area (Å²) in [6.45, 7) is 0.435. The molecule has 1 aromatic heterocycles. The summed E-state index contributed by atoms with van der Waals surface area (Å²) in [6, 6.07) is 0.0516. The van der Waals surface area contributed by atoms with Crippen LogP contribution < -0.4 is 5.32 Å². The van der Waals surface area contributed by atoms with Crippen molar-refractivity contribution in [2.24, 2.45) is 5.92 Å². The molecule has 0 aromatic carbocycles. The fraction of sp³-hybridized carbons (Fsp3) is 0.714. The summed E-state index contributed by atoms with van der Waals surface area (Å²) in [5.41, 5.74) is 0.666. The van der Waals surface area contributed by atoms with Crippen LogP contribution in [0.4, 0.5) is 10.5 Å². The van der Waals surface area contributed by atoms with Gasteiger partial charge in [0.1, 0.15) is 0 Å². The Morgan fingerprint density at radius 3 is 2.90 bits per heavy atom. The number of carbonyl (C=O) groups is 1. The van der Waals surface area contributed by atoms with E-state index < -0.39 is 6.10 Å². The van der Waals surface area contributed by atoms with Gasteiger partial charge in [0.05, 0.1) is 18.0 Å². The first-order chi connectivity index (χ1) is 9.74. The molecule has 1 aliphatic heterocycles. The number of carbonyl (C=O) groups excluding carboxylic acids is 1. The Kier molecular flexibility index (Phi) is 3.91. The first-order valence-corrected chi connectivity index (χ1v) is 7.48. The Morgan fingerprint density at radius 2 is 2.20 bits per heavy atom. The third kappa shape index (κ3) is 2.80. The molecule has 0 bridgehead atoms. The molecule has 110 valence electrons. The Bertz CT molecular complexity index is 442. The number of nitrogens with one attached hydrogen (secondary N) is 2. The van der Waals surface area contributed by atoms with E-state index in [0.29, 0.717) is 24.6 Å². The number of likely N-dealkylation sites (tertiary alicyclic amines) is 1. The highest BCUT2D eigenvalue weighted by Gasteiger charge is 2.39. The summed E-state index contributed by atoms with van der Waals surface area (Å²) in [4.78, 5) is 14.2. The number of β-amino-alcohol motifs (C(OH)–C–C–N with tert-alkyl or cyclic N) is 1. The average Bonchev–Trinajstić information content (AvgIpc) is 3.09. The SMILES string of the molecule is O=C(Nc1cn[nH]c1)N1C[C@@H](O)C[C@@H]1C1CCCCC1. The van der Waals surface area contributed by atoms with Gasteiger partial charge in [-0.2, -0.15) is 5.10 Å². The van der Waals surface area contributed by atoms with Crippen molar-refractivity contribution < 1.29 is 9.90 Å². The fourth-order valence-corrected chi connectivity index (χ4v) is 3.56. The summed E-state index contributed by atoms with van der Waals surface area (Å²) >= 11 is 0. The van der Waals surface area contributed by atoms with Gasteiger partial charge in [-0.25, -0.2) is 4.79 Å². The number of urea groups is 1. The number of hydrogen-bond donors (Lipinski definition) is 3. The number of aromatic amines is 1. The van der Waals surface area contributed by atoms with E-state index in [0.717, 1.165) is 0 Å². The first-order valence-electron chi connectivity index (χ1n) is 7.48. The summed E-state index contributed by atoms with van der Waals surface area (Å²) < 4.78 is 0. The normalized spacial score (nSPS) is 27.8. The maximum absolute atomic E-state index is 12.4.